The maximum atomic E-state index is 6.51. The van der Waals surface area contributed by atoms with Crippen molar-refractivity contribution in [3.63, 3.8) is 0 Å². The first kappa shape index (κ1) is 16.0. The maximum absolute atomic E-state index is 6.51. The molecule has 0 aromatic carbocycles. The molecule has 0 bridgehead atoms. The molecule has 2 aromatic rings. The molecule has 1 atom stereocenters. The molecular weight excluding hydrogens is 284 g/mol. The fourth-order valence-corrected chi connectivity index (χ4v) is 2.86. The average molecular weight is 307 g/mol. The molecule has 0 radical (unpaired) electrons. The van der Waals surface area contributed by atoms with E-state index in [-0.39, 0.29) is 6.04 Å². The number of nitrogens with one attached hydrogen (secondary N) is 1. The van der Waals surface area contributed by atoms with Crippen molar-refractivity contribution in [1.82, 2.24) is 20.1 Å². The molecule has 114 valence electrons. The van der Waals surface area contributed by atoms with Gasteiger partial charge in [0, 0.05) is 19.2 Å². The molecule has 4 nitrogen and oxygen atoms in total. The largest absolute Gasteiger partial charge is 0.309 e. The van der Waals surface area contributed by atoms with Gasteiger partial charge in [-0.15, -0.1) is 0 Å². The minimum atomic E-state index is 0.153. The Hall–Kier alpha value is -1.39. The second kappa shape index (κ2) is 7.57. The molecule has 2 rings (SSSR count). The number of nitrogens with zero attached hydrogens (tertiary/aromatic N) is 3. The Bertz CT molecular complexity index is 565. The Kier molecular flexibility index (Phi) is 5.76. The zero-order valence-corrected chi connectivity index (χ0v) is 13.7. The topological polar surface area (TPSA) is 42.7 Å². The van der Waals surface area contributed by atoms with Crippen LogP contribution in [0.25, 0.3) is 0 Å². The lowest BCUT2D eigenvalue weighted by Crippen LogP contribution is -2.25. The summed E-state index contributed by atoms with van der Waals surface area (Å²) in [7, 11) is 0. The van der Waals surface area contributed by atoms with Crippen molar-refractivity contribution in [3.05, 3.63) is 46.5 Å². The summed E-state index contributed by atoms with van der Waals surface area (Å²) in [6.45, 7) is 8.00. The van der Waals surface area contributed by atoms with Crippen molar-refractivity contribution in [3.8, 4) is 0 Å². The van der Waals surface area contributed by atoms with Gasteiger partial charge in [0.05, 0.1) is 28.1 Å². The molecule has 0 fully saturated rings. The van der Waals surface area contributed by atoms with E-state index < -0.39 is 0 Å². The number of hydrogen-bond acceptors (Lipinski definition) is 3. The lowest BCUT2D eigenvalue weighted by molar-refractivity contribution is 0.506. The van der Waals surface area contributed by atoms with E-state index in [0.29, 0.717) is 0 Å². The predicted molar refractivity (Wildman–Crippen MR) is 86.6 cm³/mol. The third-order valence-electron chi connectivity index (χ3n) is 3.59. The normalized spacial score (nSPS) is 12.6. The van der Waals surface area contributed by atoms with Gasteiger partial charge in [-0.1, -0.05) is 31.5 Å². The molecule has 0 amide bonds. The Labute approximate surface area is 131 Å². The number of halogens is 1. The summed E-state index contributed by atoms with van der Waals surface area (Å²) in [6.07, 6.45) is 3.48. The van der Waals surface area contributed by atoms with Gasteiger partial charge in [-0.25, -0.2) is 0 Å². The molecule has 0 aliphatic heterocycles. The number of aryl methyl sites for hydroxylation is 2. The smallest absolute Gasteiger partial charge is 0.0850 e. The molecule has 2 heterocycles. The average Bonchev–Trinajstić information content (AvgIpc) is 2.83. The SMILES string of the molecule is CCNC(Cc1c(Cl)c(CC)nn1CC)c1ccccn1. The molecular formula is C16H23ClN4. The monoisotopic (exact) mass is 306 g/mol. The molecule has 0 saturated carbocycles. The van der Waals surface area contributed by atoms with Crippen LogP contribution in [0.1, 0.15) is 43.9 Å². The highest BCUT2D eigenvalue weighted by Crippen LogP contribution is 2.26. The zero-order valence-electron chi connectivity index (χ0n) is 12.9. The Balaban J connectivity index is 2.31. The van der Waals surface area contributed by atoms with Crippen LogP contribution in [0.2, 0.25) is 5.02 Å². The molecule has 2 aromatic heterocycles. The first-order valence-electron chi connectivity index (χ1n) is 7.59. The second-order valence-electron chi connectivity index (χ2n) is 4.95. The van der Waals surface area contributed by atoms with Crippen LogP contribution in [0.3, 0.4) is 0 Å². The van der Waals surface area contributed by atoms with Gasteiger partial charge in [-0.2, -0.15) is 5.10 Å². The molecule has 0 aliphatic rings. The molecule has 21 heavy (non-hydrogen) atoms. The summed E-state index contributed by atoms with van der Waals surface area (Å²) in [5.74, 6) is 0. The van der Waals surface area contributed by atoms with E-state index in [1.165, 1.54) is 0 Å². The zero-order chi connectivity index (χ0) is 15.2. The quantitative estimate of drug-likeness (QED) is 0.852. The van der Waals surface area contributed by atoms with E-state index in [0.717, 1.165) is 48.0 Å². The van der Waals surface area contributed by atoms with Crippen molar-refractivity contribution in [2.24, 2.45) is 0 Å². The van der Waals surface area contributed by atoms with Crippen LogP contribution in [-0.2, 0) is 19.4 Å². The summed E-state index contributed by atoms with van der Waals surface area (Å²) in [4.78, 5) is 4.47. The minimum absolute atomic E-state index is 0.153. The van der Waals surface area contributed by atoms with E-state index >= 15 is 0 Å². The van der Waals surface area contributed by atoms with E-state index in [4.69, 9.17) is 11.6 Å². The van der Waals surface area contributed by atoms with Crippen LogP contribution in [0.4, 0.5) is 0 Å². The molecule has 1 N–H and O–H groups in total. The highest BCUT2D eigenvalue weighted by atomic mass is 35.5. The summed E-state index contributed by atoms with van der Waals surface area (Å²) in [5, 5.41) is 8.88. The summed E-state index contributed by atoms with van der Waals surface area (Å²) in [6, 6.07) is 6.16. The number of hydrogen-bond donors (Lipinski definition) is 1. The van der Waals surface area contributed by atoms with Crippen LogP contribution in [0.5, 0.6) is 0 Å². The van der Waals surface area contributed by atoms with Crippen LogP contribution >= 0.6 is 11.6 Å². The van der Waals surface area contributed by atoms with Crippen molar-refractivity contribution >= 4 is 11.6 Å². The van der Waals surface area contributed by atoms with Crippen LogP contribution in [0, 0.1) is 0 Å². The van der Waals surface area contributed by atoms with Gasteiger partial charge in [0.2, 0.25) is 0 Å². The standard InChI is InChI=1S/C16H23ClN4/c1-4-12-16(17)15(21(6-3)20-12)11-14(18-5-2)13-9-7-8-10-19-13/h7-10,14,18H,4-6,11H2,1-3H3. The second-order valence-corrected chi connectivity index (χ2v) is 5.32. The molecule has 0 aliphatic carbocycles. The summed E-state index contributed by atoms with van der Waals surface area (Å²) < 4.78 is 2.01. The van der Waals surface area contributed by atoms with Crippen molar-refractivity contribution in [2.45, 2.75) is 46.2 Å². The van der Waals surface area contributed by atoms with Crippen molar-refractivity contribution in [1.29, 1.82) is 0 Å². The molecule has 1 unspecified atom stereocenters. The predicted octanol–water partition coefficient (Wildman–Crippen LogP) is 3.41. The highest BCUT2D eigenvalue weighted by Gasteiger charge is 2.20. The van der Waals surface area contributed by atoms with Gasteiger partial charge in [0.1, 0.15) is 0 Å². The number of rotatable bonds is 7. The Morgan fingerprint density at radius 3 is 2.67 bits per heavy atom. The summed E-state index contributed by atoms with van der Waals surface area (Å²) in [5.41, 5.74) is 3.11. The van der Waals surface area contributed by atoms with E-state index in [1.807, 2.05) is 23.0 Å². The lowest BCUT2D eigenvalue weighted by atomic mass is 10.1. The maximum Gasteiger partial charge on any atom is 0.0850 e. The van der Waals surface area contributed by atoms with E-state index in [9.17, 15) is 0 Å². The first-order chi connectivity index (χ1) is 10.2. The number of likely N-dealkylation sites (N-methyl/N-ethyl adjacent to an activating group) is 1. The van der Waals surface area contributed by atoms with Gasteiger partial charge in [0.25, 0.3) is 0 Å². The van der Waals surface area contributed by atoms with Crippen molar-refractivity contribution in [2.75, 3.05) is 6.54 Å². The fraction of sp³-hybridized carbons (Fsp3) is 0.500. The van der Waals surface area contributed by atoms with Crippen LogP contribution in [-0.4, -0.2) is 21.3 Å². The minimum Gasteiger partial charge on any atom is -0.309 e. The molecule has 0 spiro atoms. The van der Waals surface area contributed by atoms with Gasteiger partial charge in [0.15, 0.2) is 0 Å². The Morgan fingerprint density at radius 1 is 1.29 bits per heavy atom. The molecule has 5 heteroatoms. The third kappa shape index (κ3) is 3.63. The van der Waals surface area contributed by atoms with Gasteiger partial charge >= 0.3 is 0 Å². The lowest BCUT2D eigenvalue weighted by Gasteiger charge is -2.18. The Morgan fingerprint density at radius 2 is 2.10 bits per heavy atom. The van der Waals surface area contributed by atoms with Gasteiger partial charge in [-0.05, 0) is 32.0 Å². The third-order valence-corrected chi connectivity index (χ3v) is 4.02. The fourth-order valence-electron chi connectivity index (χ4n) is 2.52. The van der Waals surface area contributed by atoms with E-state index in [2.05, 4.69) is 42.2 Å². The first-order valence-corrected chi connectivity index (χ1v) is 7.97. The van der Waals surface area contributed by atoms with Crippen LogP contribution < -0.4 is 5.32 Å². The van der Waals surface area contributed by atoms with Gasteiger partial charge < -0.3 is 5.32 Å². The van der Waals surface area contributed by atoms with Crippen LogP contribution in [0.15, 0.2) is 24.4 Å². The van der Waals surface area contributed by atoms with Gasteiger partial charge in [-0.3, -0.25) is 9.67 Å². The summed E-state index contributed by atoms with van der Waals surface area (Å²) >= 11 is 6.51. The van der Waals surface area contributed by atoms with Crippen molar-refractivity contribution < 1.29 is 0 Å². The number of pyridine rings is 1. The van der Waals surface area contributed by atoms with E-state index in [1.54, 1.807) is 0 Å². The molecule has 0 saturated heterocycles. The highest BCUT2D eigenvalue weighted by molar-refractivity contribution is 6.31. The number of aromatic nitrogens is 3.